The van der Waals surface area contributed by atoms with Gasteiger partial charge in [-0.1, -0.05) is 0 Å². The quantitative estimate of drug-likeness (QED) is 0.690. The van der Waals surface area contributed by atoms with E-state index in [2.05, 4.69) is 5.32 Å². The van der Waals surface area contributed by atoms with Crippen LogP contribution in [0, 0.1) is 0 Å². The molecule has 0 spiro atoms. The molecule has 1 saturated heterocycles. The highest BCUT2D eigenvalue weighted by Gasteiger charge is 2.29. The Hall–Kier alpha value is -2.44. The molecule has 2 N–H and O–H groups in total. The molecule has 94 valence electrons. The van der Waals surface area contributed by atoms with Gasteiger partial charge >= 0.3 is 5.97 Å². The van der Waals surface area contributed by atoms with E-state index in [-0.39, 0.29) is 12.8 Å². The number of carboxylic acids is 1. The van der Waals surface area contributed by atoms with E-state index in [1.165, 1.54) is 18.3 Å². The van der Waals surface area contributed by atoms with E-state index in [0.29, 0.717) is 0 Å². The van der Waals surface area contributed by atoms with Crippen molar-refractivity contribution in [1.29, 1.82) is 0 Å². The van der Waals surface area contributed by atoms with Crippen molar-refractivity contribution in [3.8, 4) is 0 Å². The molecule has 0 bridgehead atoms. The number of imide groups is 1. The molecule has 2 heterocycles. The zero-order valence-electron chi connectivity index (χ0n) is 9.25. The second-order valence-electron chi connectivity index (χ2n) is 3.91. The summed E-state index contributed by atoms with van der Waals surface area (Å²) in [6.45, 7) is 0. The van der Waals surface area contributed by atoms with E-state index in [0.717, 1.165) is 4.57 Å². The number of hydrogen-bond acceptors (Lipinski definition) is 4. The van der Waals surface area contributed by atoms with E-state index in [1.807, 2.05) is 0 Å². The Labute approximate surface area is 101 Å². The first-order chi connectivity index (χ1) is 8.50. The molecule has 0 radical (unpaired) electrons. The van der Waals surface area contributed by atoms with Crippen molar-refractivity contribution in [3.05, 3.63) is 34.2 Å². The number of amides is 2. The first kappa shape index (κ1) is 12.0. The Kier molecular flexibility index (Phi) is 2.97. The van der Waals surface area contributed by atoms with Gasteiger partial charge in [-0.25, -0.2) is 4.79 Å². The first-order valence-corrected chi connectivity index (χ1v) is 5.29. The van der Waals surface area contributed by atoms with Gasteiger partial charge in [-0.05, 0) is 18.6 Å². The van der Waals surface area contributed by atoms with Crippen molar-refractivity contribution in [2.24, 2.45) is 0 Å². The van der Waals surface area contributed by atoms with Gasteiger partial charge in [0.15, 0.2) is 0 Å². The van der Waals surface area contributed by atoms with Gasteiger partial charge in [-0.15, -0.1) is 0 Å². The first-order valence-electron chi connectivity index (χ1n) is 5.29. The van der Waals surface area contributed by atoms with Crippen LogP contribution in [0.1, 0.15) is 29.2 Å². The molecule has 1 aromatic rings. The fraction of sp³-hybridized carbons (Fsp3) is 0.273. The summed E-state index contributed by atoms with van der Waals surface area (Å²) in [6, 6.07) is 1.72. The second kappa shape index (κ2) is 4.44. The van der Waals surface area contributed by atoms with Gasteiger partial charge in [0.05, 0.1) is 0 Å². The minimum atomic E-state index is -1.35. The van der Waals surface area contributed by atoms with Crippen LogP contribution in [0.3, 0.4) is 0 Å². The Balaban J connectivity index is 2.43. The van der Waals surface area contributed by atoms with Gasteiger partial charge < -0.3 is 9.67 Å². The van der Waals surface area contributed by atoms with Crippen LogP contribution < -0.4 is 10.9 Å². The topological polar surface area (TPSA) is 105 Å². The summed E-state index contributed by atoms with van der Waals surface area (Å²) >= 11 is 0. The zero-order chi connectivity index (χ0) is 13.3. The number of aromatic carboxylic acids is 1. The van der Waals surface area contributed by atoms with Gasteiger partial charge in [0, 0.05) is 12.6 Å². The summed E-state index contributed by atoms with van der Waals surface area (Å²) in [5, 5.41) is 10.9. The maximum Gasteiger partial charge on any atom is 0.341 e. The number of nitrogens with zero attached hydrogens (tertiary/aromatic N) is 1. The van der Waals surface area contributed by atoms with E-state index in [4.69, 9.17) is 5.11 Å². The predicted molar refractivity (Wildman–Crippen MR) is 59.1 cm³/mol. The van der Waals surface area contributed by atoms with Crippen LogP contribution in [-0.4, -0.2) is 27.5 Å². The fourth-order valence-corrected chi connectivity index (χ4v) is 1.87. The average molecular weight is 250 g/mol. The lowest BCUT2D eigenvalue weighted by Gasteiger charge is -2.22. The molecule has 7 nitrogen and oxygen atoms in total. The van der Waals surface area contributed by atoms with Gasteiger partial charge in [-0.3, -0.25) is 19.7 Å². The van der Waals surface area contributed by atoms with Crippen LogP contribution in [0.5, 0.6) is 0 Å². The van der Waals surface area contributed by atoms with Crippen molar-refractivity contribution >= 4 is 17.8 Å². The lowest BCUT2D eigenvalue weighted by molar-refractivity contribution is -0.135. The molecule has 7 heteroatoms. The minimum absolute atomic E-state index is 0.125. The normalized spacial score (nSPS) is 19.4. The van der Waals surface area contributed by atoms with Crippen LogP contribution in [0.25, 0.3) is 0 Å². The molecule has 2 rings (SSSR count). The Morgan fingerprint density at radius 2 is 2.11 bits per heavy atom. The van der Waals surface area contributed by atoms with Crippen molar-refractivity contribution < 1.29 is 19.5 Å². The Morgan fingerprint density at radius 3 is 2.72 bits per heavy atom. The smallest absolute Gasteiger partial charge is 0.341 e. The van der Waals surface area contributed by atoms with E-state index >= 15 is 0 Å². The largest absolute Gasteiger partial charge is 0.477 e. The molecule has 1 aliphatic heterocycles. The summed E-state index contributed by atoms with van der Waals surface area (Å²) in [6.07, 6.45) is 1.66. The Morgan fingerprint density at radius 1 is 1.39 bits per heavy atom. The standard InChI is InChI=1S/C11H10N2O5/c14-8-4-3-7(9(15)12-8)13-5-1-2-6(10(13)16)11(17)18/h1-2,5,7H,3-4H2,(H,17,18)(H,12,14,15). The predicted octanol–water partition coefficient (Wildman–Crippen LogP) is -0.476. The fourth-order valence-electron chi connectivity index (χ4n) is 1.87. The molecule has 1 aromatic heterocycles. The minimum Gasteiger partial charge on any atom is -0.477 e. The summed E-state index contributed by atoms with van der Waals surface area (Å²) in [5.74, 6) is -2.32. The summed E-state index contributed by atoms with van der Waals surface area (Å²) in [4.78, 5) is 45.3. The van der Waals surface area contributed by atoms with Crippen molar-refractivity contribution in [2.45, 2.75) is 18.9 Å². The summed E-state index contributed by atoms with van der Waals surface area (Å²) in [7, 11) is 0. The molecule has 0 aliphatic carbocycles. The highest BCUT2D eigenvalue weighted by molar-refractivity contribution is 5.99. The van der Waals surface area contributed by atoms with Crippen LogP contribution in [0.15, 0.2) is 23.1 Å². The number of carbonyl (C=O) groups is 3. The third-order valence-corrected chi connectivity index (χ3v) is 2.75. The second-order valence-corrected chi connectivity index (χ2v) is 3.91. The number of hydrogen-bond donors (Lipinski definition) is 2. The molecule has 1 unspecified atom stereocenters. The lowest BCUT2D eigenvalue weighted by atomic mass is 10.1. The number of piperidine rings is 1. The third-order valence-electron chi connectivity index (χ3n) is 2.75. The molecule has 18 heavy (non-hydrogen) atoms. The highest BCUT2D eigenvalue weighted by atomic mass is 16.4. The SMILES string of the molecule is O=C1CCC(n2cccc(C(=O)O)c2=O)C(=O)N1. The van der Waals surface area contributed by atoms with E-state index in [1.54, 1.807) is 0 Å². The molecule has 1 aliphatic rings. The van der Waals surface area contributed by atoms with Gasteiger partial charge in [-0.2, -0.15) is 0 Å². The van der Waals surface area contributed by atoms with Gasteiger partial charge in [0.25, 0.3) is 5.56 Å². The monoisotopic (exact) mass is 250 g/mol. The zero-order valence-corrected chi connectivity index (χ0v) is 9.25. The van der Waals surface area contributed by atoms with Gasteiger partial charge in [0.2, 0.25) is 11.8 Å². The summed E-state index contributed by atoms with van der Waals surface area (Å²) in [5.41, 5.74) is -1.15. The van der Waals surface area contributed by atoms with Crippen molar-refractivity contribution in [1.82, 2.24) is 9.88 Å². The van der Waals surface area contributed by atoms with E-state index < -0.39 is 34.9 Å². The van der Waals surface area contributed by atoms with Crippen LogP contribution in [0.4, 0.5) is 0 Å². The lowest BCUT2D eigenvalue weighted by Crippen LogP contribution is -2.44. The molecule has 0 saturated carbocycles. The van der Waals surface area contributed by atoms with E-state index in [9.17, 15) is 19.2 Å². The van der Waals surface area contributed by atoms with Crippen molar-refractivity contribution in [2.75, 3.05) is 0 Å². The average Bonchev–Trinajstić information content (AvgIpc) is 2.30. The number of nitrogens with one attached hydrogen (secondary N) is 1. The number of pyridine rings is 1. The molecule has 0 aromatic carbocycles. The Bertz CT molecular complexity index is 589. The maximum absolute atomic E-state index is 11.9. The number of carbonyl (C=O) groups excluding carboxylic acids is 2. The van der Waals surface area contributed by atoms with Gasteiger partial charge in [0.1, 0.15) is 11.6 Å². The maximum atomic E-state index is 11.9. The molecule has 1 atom stereocenters. The van der Waals surface area contributed by atoms with Crippen molar-refractivity contribution in [3.63, 3.8) is 0 Å². The third kappa shape index (κ3) is 2.02. The molecular weight excluding hydrogens is 240 g/mol. The van der Waals surface area contributed by atoms with Crippen LogP contribution >= 0.6 is 0 Å². The molecule has 2 amide bonds. The molecular formula is C11H10N2O5. The van der Waals surface area contributed by atoms with Crippen LogP contribution in [0.2, 0.25) is 0 Å². The number of rotatable bonds is 2. The number of aromatic nitrogens is 1. The molecule has 1 fully saturated rings. The number of carboxylic acid groups (broad SMARTS) is 1. The van der Waals surface area contributed by atoms with Crippen LogP contribution in [-0.2, 0) is 9.59 Å². The summed E-state index contributed by atoms with van der Waals surface area (Å²) < 4.78 is 1.05. The highest BCUT2D eigenvalue weighted by Crippen LogP contribution is 2.16.